The van der Waals surface area contributed by atoms with Gasteiger partial charge in [0.1, 0.15) is 5.82 Å². The van der Waals surface area contributed by atoms with Crippen molar-refractivity contribution in [2.45, 2.75) is 12.6 Å². The zero-order valence-electron chi connectivity index (χ0n) is 10.7. The van der Waals surface area contributed by atoms with Gasteiger partial charge in [-0.05, 0) is 38.2 Å². The highest BCUT2D eigenvalue weighted by molar-refractivity contribution is 5.94. The minimum Gasteiger partial charge on any atom is -0.352 e. The Bertz CT molecular complexity index is 452. The summed E-state index contributed by atoms with van der Waals surface area (Å²) in [6.07, 6.45) is -4.05. The number of alkyl halides is 3. The number of hydrogen-bond acceptors (Lipinski definition) is 2. The summed E-state index contributed by atoms with van der Waals surface area (Å²) in [7, 11) is 1.74. The lowest BCUT2D eigenvalue weighted by molar-refractivity contribution is -0.137. The van der Waals surface area contributed by atoms with E-state index in [2.05, 4.69) is 10.6 Å². The Hall–Kier alpha value is -1.34. The summed E-state index contributed by atoms with van der Waals surface area (Å²) >= 11 is 0. The highest BCUT2D eigenvalue weighted by atomic mass is 35.5. The smallest absolute Gasteiger partial charge is 0.352 e. The number of halogens is 5. The van der Waals surface area contributed by atoms with Crippen LogP contribution in [-0.4, -0.2) is 26.0 Å². The van der Waals surface area contributed by atoms with Gasteiger partial charge in [-0.15, -0.1) is 12.4 Å². The van der Waals surface area contributed by atoms with Crippen LogP contribution >= 0.6 is 12.4 Å². The molecule has 0 atom stereocenters. The van der Waals surface area contributed by atoms with E-state index in [9.17, 15) is 22.4 Å². The Balaban J connectivity index is 0.00000361. The average Bonchev–Trinajstić information content (AvgIpc) is 2.32. The van der Waals surface area contributed by atoms with Crippen molar-refractivity contribution >= 4 is 18.3 Å². The highest BCUT2D eigenvalue weighted by Gasteiger charge is 2.31. The van der Waals surface area contributed by atoms with E-state index in [1.165, 1.54) is 0 Å². The third-order valence-corrected chi connectivity index (χ3v) is 2.38. The first-order valence-electron chi connectivity index (χ1n) is 5.65. The fourth-order valence-corrected chi connectivity index (χ4v) is 1.45. The van der Waals surface area contributed by atoms with Gasteiger partial charge in [-0.25, -0.2) is 4.39 Å². The predicted octanol–water partition coefficient (Wildman–Crippen LogP) is 2.61. The Kier molecular flexibility index (Phi) is 7.52. The summed E-state index contributed by atoms with van der Waals surface area (Å²) in [4.78, 5) is 11.6. The molecule has 1 aromatic carbocycles. The molecule has 20 heavy (non-hydrogen) atoms. The maximum absolute atomic E-state index is 13.1. The van der Waals surface area contributed by atoms with Crippen LogP contribution in [0.3, 0.4) is 0 Å². The summed E-state index contributed by atoms with van der Waals surface area (Å²) in [5.41, 5.74) is -1.51. The second-order valence-corrected chi connectivity index (χ2v) is 3.94. The van der Waals surface area contributed by atoms with Crippen LogP contribution in [0.5, 0.6) is 0 Å². The van der Waals surface area contributed by atoms with Crippen LogP contribution in [0.25, 0.3) is 0 Å². The van der Waals surface area contributed by atoms with Crippen molar-refractivity contribution in [1.29, 1.82) is 0 Å². The molecule has 1 amide bonds. The van der Waals surface area contributed by atoms with Crippen LogP contribution < -0.4 is 10.6 Å². The normalized spacial score (nSPS) is 10.8. The van der Waals surface area contributed by atoms with Crippen LogP contribution in [0.4, 0.5) is 17.6 Å². The van der Waals surface area contributed by atoms with E-state index in [0.717, 1.165) is 6.07 Å². The van der Waals surface area contributed by atoms with E-state index in [4.69, 9.17) is 0 Å². The number of carbonyl (C=O) groups excluding carboxylic acids is 1. The minimum atomic E-state index is -4.68. The van der Waals surface area contributed by atoms with E-state index in [1.807, 2.05) is 0 Å². The molecule has 0 saturated carbocycles. The predicted molar refractivity (Wildman–Crippen MR) is 69.5 cm³/mol. The van der Waals surface area contributed by atoms with E-state index in [-0.39, 0.29) is 18.0 Å². The lowest BCUT2D eigenvalue weighted by Crippen LogP contribution is -2.27. The second kappa shape index (κ2) is 8.06. The molecule has 0 aliphatic rings. The van der Waals surface area contributed by atoms with Gasteiger partial charge in [-0.1, -0.05) is 0 Å². The van der Waals surface area contributed by atoms with Crippen LogP contribution in [-0.2, 0) is 6.18 Å². The third kappa shape index (κ3) is 5.75. The largest absolute Gasteiger partial charge is 0.416 e. The zero-order valence-corrected chi connectivity index (χ0v) is 11.5. The molecule has 114 valence electrons. The van der Waals surface area contributed by atoms with Crippen LogP contribution in [0.1, 0.15) is 22.3 Å². The summed E-state index contributed by atoms with van der Waals surface area (Å²) < 4.78 is 50.4. The van der Waals surface area contributed by atoms with Gasteiger partial charge in [0.25, 0.3) is 5.91 Å². The molecule has 0 radical (unpaired) electrons. The van der Waals surface area contributed by atoms with Crippen LogP contribution in [0.2, 0.25) is 0 Å². The van der Waals surface area contributed by atoms with Gasteiger partial charge in [0.2, 0.25) is 0 Å². The van der Waals surface area contributed by atoms with Gasteiger partial charge < -0.3 is 10.6 Å². The molecular weight excluding hydrogens is 300 g/mol. The molecule has 0 spiro atoms. The first-order chi connectivity index (χ1) is 8.84. The number of rotatable bonds is 5. The van der Waals surface area contributed by atoms with Gasteiger partial charge >= 0.3 is 6.18 Å². The van der Waals surface area contributed by atoms with E-state index in [1.54, 1.807) is 7.05 Å². The fraction of sp³-hybridized carbons (Fsp3) is 0.417. The molecule has 0 fully saturated rings. The first-order valence-corrected chi connectivity index (χ1v) is 5.65. The fourth-order valence-electron chi connectivity index (χ4n) is 1.45. The highest BCUT2D eigenvalue weighted by Crippen LogP contribution is 2.30. The van der Waals surface area contributed by atoms with Crippen LogP contribution in [0.15, 0.2) is 18.2 Å². The summed E-state index contributed by atoms with van der Waals surface area (Å²) in [6, 6.07) is 1.77. The van der Waals surface area contributed by atoms with Gasteiger partial charge in [-0.2, -0.15) is 13.2 Å². The summed E-state index contributed by atoms with van der Waals surface area (Å²) in [6.45, 7) is 0.967. The standard InChI is InChI=1S/C12H14F4N2O.ClH/c1-17-3-2-4-18-11(19)8-5-9(12(14,15)16)7-10(13)6-8;/h5-7,17H,2-4H2,1H3,(H,18,19);1H. The second-order valence-electron chi connectivity index (χ2n) is 3.94. The molecule has 0 aromatic heterocycles. The molecule has 8 heteroatoms. The third-order valence-electron chi connectivity index (χ3n) is 2.38. The SMILES string of the molecule is CNCCCNC(=O)c1cc(F)cc(C(F)(F)F)c1.Cl. The van der Waals surface area contributed by atoms with Crippen molar-refractivity contribution in [3.63, 3.8) is 0 Å². The van der Waals surface area contributed by atoms with E-state index < -0.39 is 23.5 Å². The topological polar surface area (TPSA) is 41.1 Å². The number of hydrogen-bond donors (Lipinski definition) is 2. The first kappa shape index (κ1) is 18.7. The maximum Gasteiger partial charge on any atom is 0.416 e. The van der Waals surface area contributed by atoms with Gasteiger partial charge in [-0.3, -0.25) is 4.79 Å². The lowest BCUT2D eigenvalue weighted by Gasteiger charge is -2.10. The van der Waals surface area contributed by atoms with Crippen molar-refractivity contribution in [3.05, 3.63) is 35.1 Å². The molecular formula is C12H15ClF4N2O. The Morgan fingerprint density at radius 1 is 1.20 bits per heavy atom. The Morgan fingerprint density at radius 3 is 2.40 bits per heavy atom. The molecule has 0 heterocycles. The minimum absolute atomic E-state index is 0. The molecule has 0 bridgehead atoms. The van der Waals surface area contributed by atoms with E-state index >= 15 is 0 Å². The van der Waals surface area contributed by atoms with Gasteiger partial charge in [0.05, 0.1) is 5.56 Å². The van der Waals surface area contributed by atoms with Crippen molar-refractivity contribution in [1.82, 2.24) is 10.6 Å². The van der Waals surface area contributed by atoms with Crippen molar-refractivity contribution < 1.29 is 22.4 Å². The number of amides is 1. The monoisotopic (exact) mass is 314 g/mol. The number of benzene rings is 1. The molecule has 1 aromatic rings. The van der Waals surface area contributed by atoms with Crippen molar-refractivity contribution in [3.8, 4) is 0 Å². The molecule has 0 aliphatic carbocycles. The summed E-state index contributed by atoms with van der Waals surface area (Å²) in [5.74, 6) is -1.81. The van der Waals surface area contributed by atoms with Crippen LogP contribution in [0, 0.1) is 5.82 Å². The lowest BCUT2D eigenvalue weighted by atomic mass is 10.1. The molecule has 0 aliphatic heterocycles. The van der Waals surface area contributed by atoms with Gasteiger partial charge in [0, 0.05) is 12.1 Å². The Labute approximate surface area is 120 Å². The number of carbonyl (C=O) groups is 1. The molecule has 1 rings (SSSR count). The molecule has 0 unspecified atom stereocenters. The average molecular weight is 315 g/mol. The van der Waals surface area contributed by atoms with Crippen molar-refractivity contribution in [2.24, 2.45) is 0 Å². The zero-order chi connectivity index (χ0) is 14.5. The number of nitrogens with one attached hydrogen (secondary N) is 2. The van der Waals surface area contributed by atoms with Gasteiger partial charge in [0.15, 0.2) is 0 Å². The molecule has 2 N–H and O–H groups in total. The molecule has 3 nitrogen and oxygen atoms in total. The van der Waals surface area contributed by atoms with Crippen molar-refractivity contribution in [2.75, 3.05) is 20.1 Å². The maximum atomic E-state index is 13.1. The quantitative estimate of drug-likeness (QED) is 0.648. The molecule has 0 saturated heterocycles. The van der Waals surface area contributed by atoms with E-state index in [0.29, 0.717) is 31.6 Å². The summed E-state index contributed by atoms with van der Waals surface area (Å²) in [5, 5.41) is 5.29. The Morgan fingerprint density at radius 2 is 1.85 bits per heavy atom.